The van der Waals surface area contributed by atoms with Gasteiger partial charge in [0.15, 0.2) is 0 Å². The van der Waals surface area contributed by atoms with E-state index < -0.39 is 15.8 Å². The number of hydrogen-bond donors (Lipinski definition) is 0. The third-order valence-electron chi connectivity index (χ3n) is 3.68. The maximum Gasteiger partial charge on any atom is 0.243 e. The zero-order valence-corrected chi connectivity index (χ0v) is 13.1. The van der Waals surface area contributed by atoms with Gasteiger partial charge in [0, 0.05) is 20.8 Å². The molecule has 120 valence electrons. The van der Waals surface area contributed by atoms with Crippen LogP contribution in [0.2, 0.25) is 0 Å². The second-order valence-corrected chi connectivity index (χ2v) is 6.92. The number of rotatable bonds is 5. The first-order chi connectivity index (χ1) is 10.4. The molecule has 0 aliphatic carbocycles. The van der Waals surface area contributed by atoms with Crippen molar-refractivity contribution in [3.05, 3.63) is 29.6 Å². The number of nitrogens with zero attached hydrogens (tertiary/aromatic N) is 2. The summed E-state index contributed by atoms with van der Waals surface area (Å²) in [6.07, 6.45) is 0.307. The van der Waals surface area contributed by atoms with Crippen molar-refractivity contribution in [3.8, 4) is 6.07 Å². The largest absolute Gasteiger partial charge is 0.383 e. The van der Waals surface area contributed by atoms with E-state index in [-0.39, 0.29) is 35.8 Å². The average Bonchev–Trinajstić information content (AvgIpc) is 2.92. The van der Waals surface area contributed by atoms with Crippen LogP contribution in [0.1, 0.15) is 12.0 Å². The number of nitriles is 1. The van der Waals surface area contributed by atoms with Gasteiger partial charge < -0.3 is 9.47 Å². The minimum atomic E-state index is -3.85. The highest BCUT2D eigenvalue weighted by Crippen LogP contribution is 2.28. The molecule has 6 nitrogen and oxygen atoms in total. The molecule has 1 fully saturated rings. The summed E-state index contributed by atoms with van der Waals surface area (Å²) in [5.41, 5.74) is -0.299. The zero-order chi connectivity index (χ0) is 16.3. The van der Waals surface area contributed by atoms with E-state index in [4.69, 9.17) is 14.7 Å². The van der Waals surface area contributed by atoms with Gasteiger partial charge >= 0.3 is 0 Å². The molecule has 1 aliphatic heterocycles. The van der Waals surface area contributed by atoms with Crippen LogP contribution < -0.4 is 0 Å². The number of benzene rings is 1. The molecule has 2 rings (SSSR count). The summed E-state index contributed by atoms with van der Waals surface area (Å²) < 4.78 is 50.5. The summed E-state index contributed by atoms with van der Waals surface area (Å²) in [7, 11) is -0.826. The molecule has 1 aliphatic rings. The number of halogens is 1. The van der Waals surface area contributed by atoms with Crippen molar-refractivity contribution in [1.29, 1.82) is 5.26 Å². The van der Waals surface area contributed by atoms with Crippen molar-refractivity contribution in [2.75, 3.05) is 27.4 Å². The molecule has 1 aromatic rings. The van der Waals surface area contributed by atoms with E-state index in [0.29, 0.717) is 6.42 Å². The van der Waals surface area contributed by atoms with Gasteiger partial charge in [0.1, 0.15) is 11.9 Å². The fourth-order valence-corrected chi connectivity index (χ4v) is 4.22. The van der Waals surface area contributed by atoms with Gasteiger partial charge in [0.2, 0.25) is 10.0 Å². The highest BCUT2D eigenvalue weighted by Gasteiger charge is 2.40. The Balaban J connectivity index is 2.38. The predicted molar refractivity (Wildman–Crippen MR) is 76.1 cm³/mol. The lowest BCUT2D eigenvalue weighted by molar-refractivity contribution is 0.110. The van der Waals surface area contributed by atoms with Gasteiger partial charge in [-0.15, -0.1) is 0 Å². The molecular weight excluding hydrogens is 311 g/mol. The minimum Gasteiger partial charge on any atom is -0.383 e. The molecule has 0 N–H and O–H groups in total. The van der Waals surface area contributed by atoms with Gasteiger partial charge in [0.25, 0.3) is 0 Å². The second kappa shape index (κ2) is 6.71. The normalized spacial score (nSPS) is 22.6. The molecule has 0 spiro atoms. The Morgan fingerprint density at radius 1 is 1.45 bits per heavy atom. The highest BCUT2D eigenvalue weighted by atomic mass is 32.2. The summed E-state index contributed by atoms with van der Waals surface area (Å²) >= 11 is 0. The molecule has 0 bridgehead atoms. The van der Waals surface area contributed by atoms with Crippen LogP contribution in [0.4, 0.5) is 4.39 Å². The molecule has 0 saturated carbocycles. The van der Waals surface area contributed by atoms with Crippen LogP contribution in [-0.4, -0.2) is 52.2 Å². The summed E-state index contributed by atoms with van der Waals surface area (Å²) in [5, 5.41) is 8.85. The smallest absolute Gasteiger partial charge is 0.243 e. The Morgan fingerprint density at radius 2 is 2.18 bits per heavy atom. The molecule has 1 aromatic carbocycles. The second-order valence-electron chi connectivity index (χ2n) is 5.03. The molecule has 2 atom stereocenters. The van der Waals surface area contributed by atoms with Gasteiger partial charge in [0.05, 0.1) is 29.2 Å². The van der Waals surface area contributed by atoms with Gasteiger partial charge in [-0.1, -0.05) is 0 Å². The lowest BCUT2D eigenvalue weighted by Gasteiger charge is -2.23. The first-order valence-electron chi connectivity index (χ1n) is 6.67. The zero-order valence-electron chi connectivity index (χ0n) is 12.3. The van der Waals surface area contributed by atoms with E-state index >= 15 is 0 Å². The van der Waals surface area contributed by atoms with Crippen LogP contribution in [0, 0.1) is 17.1 Å². The molecule has 0 unspecified atom stereocenters. The monoisotopic (exact) mass is 328 g/mol. The number of methoxy groups -OCH3 is 2. The van der Waals surface area contributed by atoms with Gasteiger partial charge in [-0.2, -0.15) is 9.57 Å². The van der Waals surface area contributed by atoms with Gasteiger partial charge in [-0.05, 0) is 24.6 Å². The number of hydrogen-bond acceptors (Lipinski definition) is 5. The first-order valence-corrected chi connectivity index (χ1v) is 8.11. The molecule has 0 amide bonds. The standard InChI is InChI=1S/C14H17FN2O4S/c1-20-9-11-6-12(21-2)8-17(11)22(18,19)13-3-4-14(15)10(5-13)7-16/h3-5,11-12H,6,8-9H2,1-2H3/t11-,12+/m0/s1. The Hall–Kier alpha value is -1.53. The Kier molecular flexibility index (Phi) is 5.13. The van der Waals surface area contributed by atoms with E-state index in [1.54, 1.807) is 6.07 Å². The number of sulfonamides is 1. The van der Waals surface area contributed by atoms with Crippen molar-refractivity contribution in [2.45, 2.75) is 23.5 Å². The average molecular weight is 328 g/mol. The summed E-state index contributed by atoms with van der Waals surface area (Å²) in [6.45, 7) is 0.442. The predicted octanol–water partition coefficient (Wildman–Crippen LogP) is 1.12. The first kappa shape index (κ1) is 16.8. The Bertz CT molecular complexity index is 687. The summed E-state index contributed by atoms with van der Waals surface area (Å²) in [6, 6.07) is 4.50. The van der Waals surface area contributed by atoms with Crippen LogP contribution in [0.3, 0.4) is 0 Å². The van der Waals surface area contributed by atoms with E-state index in [9.17, 15) is 12.8 Å². The Morgan fingerprint density at radius 3 is 2.77 bits per heavy atom. The molecule has 0 radical (unpaired) electrons. The molecule has 1 heterocycles. The van der Waals surface area contributed by atoms with E-state index in [2.05, 4.69) is 0 Å². The molecule has 1 saturated heterocycles. The highest BCUT2D eigenvalue weighted by molar-refractivity contribution is 7.89. The SMILES string of the molecule is COC[C@@H]1C[C@@H](OC)CN1S(=O)(=O)c1ccc(F)c(C#N)c1. The number of ether oxygens (including phenoxy) is 2. The third kappa shape index (κ3) is 3.13. The quantitative estimate of drug-likeness (QED) is 0.809. The lowest BCUT2D eigenvalue weighted by Crippen LogP contribution is -2.38. The summed E-state index contributed by atoms with van der Waals surface area (Å²) in [5.74, 6) is -0.744. The fourth-order valence-electron chi connectivity index (χ4n) is 2.54. The third-order valence-corrected chi connectivity index (χ3v) is 5.60. The molecule has 22 heavy (non-hydrogen) atoms. The minimum absolute atomic E-state index is 0.108. The summed E-state index contributed by atoms with van der Waals surface area (Å²) in [4.78, 5) is -0.108. The van der Waals surface area contributed by atoms with Gasteiger partial charge in [-0.25, -0.2) is 12.8 Å². The fraction of sp³-hybridized carbons (Fsp3) is 0.500. The van der Waals surface area contributed by atoms with Crippen molar-refractivity contribution in [3.63, 3.8) is 0 Å². The molecular formula is C14H17FN2O4S. The van der Waals surface area contributed by atoms with Crippen LogP contribution in [0.15, 0.2) is 23.1 Å². The van der Waals surface area contributed by atoms with Crippen molar-refractivity contribution >= 4 is 10.0 Å². The van der Waals surface area contributed by atoms with Crippen LogP contribution in [0.5, 0.6) is 0 Å². The van der Waals surface area contributed by atoms with E-state index in [0.717, 1.165) is 18.2 Å². The van der Waals surface area contributed by atoms with Gasteiger partial charge in [-0.3, -0.25) is 0 Å². The Labute approximate surface area is 129 Å². The maximum absolute atomic E-state index is 13.4. The van der Waals surface area contributed by atoms with E-state index in [1.807, 2.05) is 0 Å². The van der Waals surface area contributed by atoms with Crippen molar-refractivity contribution < 1.29 is 22.3 Å². The van der Waals surface area contributed by atoms with Crippen molar-refractivity contribution in [2.24, 2.45) is 0 Å². The van der Waals surface area contributed by atoms with Crippen LogP contribution >= 0.6 is 0 Å². The maximum atomic E-state index is 13.4. The van der Waals surface area contributed by atoms with Crippen LogP contribution in [-0.2, 0) is 19.5 Å². The van der Waals surface area contributed by atoms with Crippen LogP contribution in [0.25, 0.3) is 0 Å². The van der Waals surface area contributed by atoms with E-state index in [1.165, 1.54) is 18.5 Å². The lowest BCUT2D eigenvalue weighted by atomic mass is 10.2. The molecule has 8 heteroatoms. The molecule has 0 aromatic heterocycles. The topological polar surface area (TPSA) is 79.6 Å². The van der Waals surface area contributed by atoms with Crippen molar-refractivity contribution in [1.82, 2.24) is 4.31 Å².